The molecule has 1 aliphatic rings. The molecule has 94 valence electrons. The molecular weight excluding hydrogens is 203 g/mol. The minimum Gasteiger partial charge on any atom is -0.381 e. The predicted molar refractivity (Wildman–Crippen MR) is 66.1 cm³/mol. The third kappa shape index (κ3) is 2.61. The first kappa shape index (κ1) is 14.0. The average molecular weight is 228 g/mol. The summed E-state index contributed by atoms with van der Waals surface area (Å²) in [6.07, 6.45) is 0. The summed E-state index contributed by atoms with van der Waals surface area (Å²) in [6.45, 7) is 16.5. The standard InChI is InChI=1S/C12H25BO3/c1-9(2)10(3,4)14-13-15-11(5,6)12(7,8)16-13/h9H,1-8H3. The van der Waals surface area contributed by atoms with E-state index in [4.69, 9.17) is 14.0 Å². The lowest BCUT2D eigenvalue weighted by Crippen LogP contribution is -2.41. The van der Waals surface area contributed by atoms with Crippen LogP contribution >= 0.6 is 0 Å². The van der Waals surface area contributed by atoms with Crippen LogP contribution in [0.3, 0.4) is 0 Å². The Morgan fingerprint density at radius 3 is 1.69 bits per heavy atom. The third-order valence-corrected chi connectivity index (χ3v) is 4.02. The fourth-order valence-corrected chi connectivity index (χ4v) is 1.22. The zero-order chi connectivity index (χ0) is 12.8. The minimum atomic E-state index is -0.567. The van der Waals surface area contributed by atoms with Crippen molar-refractivity contribution in [2.75, 3.05) is 0 Å². The van der Waals surface area contributed by atoms with Crippen LogP contribution in [0.2, 0.25) is 0 Å². The van der Waals surface area contributed by atoms with E-state index in [1.165, 1.54) is 0 Å². The highest BCUT2D eigenvalue weighted by atomic mass is 16.8. The van der Waals surface area contributed by atoms with Gasteiger partial charge in [0.1, 0.15) is 0 Å². The molecule has 0 aromatic carbocycles. The molecule has 1 heterocycles. The van der Waals surface area contributed by atoms with Crippen molar-refractivity contribution in [1.29, 1.82) is 0 Å². The molecule has 0 unspecified atom stereocenters. The molecule has 1 saturated heterocycles. The van der Waals surface area contributed by atoms with Gasteiger partial charge in [-0.05, 0) is 47.5 Å². The smallest absolute Gasteiger partial charge is 0.381 e. The highest BCUT2D eigenvalue weighted by Crippen LogP contribution is 2.38. The number of rotatable bonds is 3. The van der Waals surface area contributed by atoms with E-state index in [2.05, 4.69) is 27.7 Å². The van der Waals surface area contributed by atoms with E-state index in [0.717, 1.165) is 0 Å². The van der Waals surface area contributed by atoms with Gasteiger partial charge in [0.15, 0.2) is 0 Å². The lowest BCUT2D eigenvalue weighted by molar-refractivity contribution is 0.00218. The Hall–Kier alpha value is -0.0551. The van der Waals surface area contributed by atoms with E-state index >= 15 is 0 Å². The molecule has 0 N–H and O–H groups in total. The second-order valence-corrected chi connectivity index (χ2v) is 6.42. The first-order valence-corrected chi connectivity index (χ1v) is 6.01. The average Bonchev–Trinajstić information content (AvgIpc) is 2.17. The topological polar surface area (TPSA) is 27.7 Å². The van der Waals surface area contributed by atoms with Crippen molar-refractivity contribution < 1.29 is 14.0 Å². The van der Waals surface area contributed by atoms with Gasteiger partial charge in [0.05, 0.1) is 16.8 Å². The van der Waals surface area contributed by atoms with Gasteiger partial charge in [0, 0.05) is 0 Å². The molecule has 0 aliphatic carbocycles. The van der Waals surface area contributed by atoms with Crippen molar-refractivity contribution >= 4 is 7.32 Å². The van der Waals surface area contributed by atoms with Gasteiger partial charge in [0.25, 0.3) is 0 Å². The molecule has 16 heavy (non-hydrogen) atoms. The molecule has 0 radical (unpaired) electrons. The van der Waals surface area contributed by atoms with Crippen LogP contribution in [0.15, 0.2) is 0 Å². The maximum atomic E-state index is 5.89. The van der Waals surface area contributed by atoms with Crippen molar-refractivity contribution in [1.82, 2.24) is 0 Å². The molecule has 1 fully saturated rings. The SMILES string of the molecule is CC(C)C(C)(C)OB1OC(C)(C)C(C)(C)O1. The van der Waals surface area contributed by atoms with Crippen LogP contribution in [0, 0.1) is 5.92 Å². The predicted octanol–water partition coefficient (Wildman–Crippen LogP) is 3.03. The molecular formula is C12H25BO3. The molecule has 0 aromatic heterocycles. The van der Waals surface area contributed by atoms with E-state index in [-0.39, 0.29) is 16.8 Å². The second-order valence-electron chi connectivity index (χ2n) is 6.42. The zero-order valence-electron chi connectivity index (χ0n) is 11.9. The Balaban J connectivity index is 2.68. The Labute approximate surface area is 100 Å². The first-order valence-electron chi connectivity index (χ1n) is 6.01. The van der Waals surface area contributed by atoms with Gasteiger partial charge in [-0.2, -0.15) is 0 Å². The first-order chi connectivity index (χ1) is 6.98. The van der Waals surface area contributed by atoms with Crippen molar-refractivity contribution in [3.05, 3.63) is 0 Å². The monoisotopic (exact) mass is 228 g/mol. The van der Waals surface area contributed by atoms with E-state index in [9.17, 15) is 0 Å². The van der Waals surface area contributed by atoms with Crippen LogP contribution in [-0.4, -0.2) is 24.1 Å². The molecule has 0 bridgehead atoms. The summed E-state index contributed by atoms with van der Waals surface area (Å²) in [5, 5.41) is 0. The number of hydrogen-bond acceptors (Lipinski definition) is 3. The largest absolute Gasteiger partial charge is 0.640 e. The van der Waals surface area contributed by atoms with E-state index in [1.54, 1.807) is 0 Å². The van der Waals surface area contributed by atoms with E-state index < -0.39 is 7.32 Å². The van der Waals surface area contributed by atoms with Crippen LogP contribution < -0.4 is 0 Å². The fraction of sp³-hybridized carbons (Fsp3) is 1.00. The van der Waals surface area contributed by atoms with Crippen molar-refractivity contribution in [3.63, 3.8) is 0 Å². The zero-order valence-corrected chi connectivity index (χ0v) is 11.9. The minimum absolute atomic E-state index is 0.249. The summed E-state index contributed by atoms with van der Waals surface area (Å²) < 4.78 is 17.5. The quantitative estimate of drug-likeness (QED) is 0.695. The summed E-state index contributed by atoms with van der Waals surface area (Å²) in [4.78, 5) is 0. The summed E-state index contributed by atoms with van der Waals surface area (Å²) in [6, 6.07) is 0. The Bertz CT molecular complexity index is 243. The van der Waals surface area contributed by atoms with Crippen LogP contribution in [0.25, 0.3) is 0 Å². The van der Waals surface area contributed by atoms with Crippen molar-refractivity contribution in [3.8, 4) is 0 Å². The highest BCUT2D eigenvalue weighted by molar-refractivity contribution is 6.37. The maximum Gasteiger partial charge on any atom is 0.640 e. The van der Waals surface area contributed by atoms with Gasteiger partial charge in [-0.3, -0.25) is 0 Å². The van der Waals surface area contributed by atoms with Crippen molar-refractivity contribution in [2.45, 2.75) is 72.2 Å². The molecule has 0 amide bonds. The molecule has 0 saturated carbocycles. The van der Waals surface area contributed by atoms with Crippen LogP contribution in [0.5, 0.6) is 0 Å². The molecule has 4 heteroatoms. The Morgan fingerprint density at radius 1 is 1.00 bits per heavy atom. The summed E-state index contributed by atoms with van der Waals surface area (Å²) >= 11 is 0. The lowest BCUT2D eigenvalue weighted by atomic mass is 9.90. The molecule has 0 spiro atoms. The van der Waals surface area contributed by atoms with E-state index in [0.29, 0.717) is 5.92 Å². The molecule has 1 aliphatic heterocycles. The van der Waals surface area contributed by atoms with Gasteiger partial charge in [0.2, 0.25) is 0 Å². The normalized spacial score (nSPS) is 24.2. The highest BCUT2D eigenvalue weighted by Gasteiger charge is 2.54. The Kier molecular flexibility index (Phi) is 3.50. The molecule has 3 nitrogen and oxygen atoms in total. The van der Waals surface area contributed by atoms with E-state index in [1.807, 2.05) is 27.7 Å². The van der Waals surface area contributed by atoms with Gasteiger partial charge in [-0.1, -0.05) is 13.8 Å². The van der Waals surface area contributed by atoms with Gasteiger partial charge in [-0.15, -0.1) is 0 Å². The van der Waals surface area contributed by atoms with Gasteiger partial charge >= 0.3 is 7.32 Å². The molecule has 0 atom stereocenters. The van der Waals surface area contributed by atoms with Gasteiger partial charge < -0.3 is 14.0 Å². The maximum absolute atomic E-state index is 5.89. The molecule has 0 aromatic rings. The van der Waals surface area contributed by atoms with Gasteiger partial charge in [-0.25, -0.2) is 0 Å². The van der Waals surface area contributed by atoms with Crippen LogP contribution in [-0.2, 0) is 14.0 Å². The summed E-state index contributed by atoms with van der Waals surface area (Å²) in [5.41, 5.74) is -0.906. The summed E-state index contributed by atoms with van der Waals surface area (Å²) in [7, 11) is -0.567. The Morgan fingerprint density at radius 2 is 1.38 bits per heavy atom. The number of hydrogen-bond donors (Lipinski definition) is 0. The second kappa shape index (κ2) is 4.00. The lowest BCUT2D eigenvalue weighted by Gasteiger charge is -2.31. The summed E-state index contributed by atoms with van der Waals surface area (Å²) in [5.74, 6) is 0.409. The molecule has 1 rings (SSSR count). The fourth-order valence-electron chi connectivity index (χ4n) is 1.22. The van der Waals surface area contributed by atoms with Crippen LogP contribution in [0.4, 0.5) is 0 Å². The van der Waals surface area contributed by atoms with Crippen molar-refractivity contribution in [2.24, 2.45) is 5.92 Å². The van der Waals surface area contributed by atoms with Crippen LogP contribution in [0.1, 0.15) is 55.4 Å². The third-order valence-electron chi connectivity index (χ3n) is 4.02.